The highest BCUT2D eigenvalue weighted by atomic mass is 16.5. The van der Waals surface area contributed by atoms with Crippen molar-refractivity contribution >= 4 is 18.1 Å². The molecule has 0 radical (unpaired) electrons. The van der Waals surface area contributed by atoms with Gasteiger partial charge in [0.15, 0.2) is 0 Å². The quantitative estimate of drug-likeness (QED) is 0.114. The van der Waals surface area contributed by atoms with Gasteiger partial charge in [0.05, 0.1) is 45.7 Å². The Morgan fingerprint density at radius 3 is 1.90 bits per heavy atom. The van der Waals surface area contributed by atoms with Crippen LogP contribution in [0.25, 0.3) is 0 Å². The van der Waals surface area contributed by atoms with E-state index in [0.717, 1.165) is 25.7 Å². The number of carbonyl (C=O) groups is 3. The van der Waals surface area contributed by atoms with E-state index in [1.807, 2.05) is 7.05 Å². The molecule has 0 aromatic heterocycles. The maximum atomic E-state index is 11.6. The molecule has 0 bridgehead atoms. The van der Waals surface area contributed by atoms with Crippen molar-refractivity contribution < 1.29 is 33.3 Å². The van der Waals surface area contributed by atoms with Gasteiger partial charge in [0.2, 0.25) is 11.8 Å². The van der Waals surface area contributed by atoms with E-state index in [0.29, 0.717) is 52.5 Å². The second-order valence-electron chi connectivity index (χ2n) is 6.43. The molecule has 0 heterocycles. The Morgan fingerprint density at radius 1 is 0.800 bits per heavy atom. The van der Waals surface area contributed by atoms with Crippen molar-refractivity contribution in [2.24, 2.45) is 5.73 Å². The Balaban J connectivity index is 3.30. The van der Waals surface area contributed by atoms with Gasteiger partial charge in [-0.1, -0.05) is 0 Å². The number of ether oxygens (including phenoxy) is 4. The minimum atomic E-state index is -0.427. The fourth-order valence-corrected chi connectivity index (χ4v) is 2.11. The zero-order valence-electron chi connectivity index (χ0n) is 18.0. The lowest BCUT2D eigenvalue weighted by molar-refractivity contribution is -0.127. The van der Waals surface area contributed by atoms with Gasteiger partial charge in [-0.2, -0.15) is 0 Å². The molecule has 1 atom stereocenters. The molecule has 1 unspecified atom stereocenters. The molecule has 0 saturated carbocycles. The third-order valence-electron chi connectivity index (χ3n) is 3.74. The molecule has 11 nitrogen and oxygen atoms in total. The van der Waals surface area contributed by atoms with E-state index in [-0.39, 0.29) is 31.6 Å². The number of aldehydes is 1. The summed E-state index contributed by atoms with van der Waals surface area (Å²) in [6, 6.07) is -0.427. The van der Waals surface area contributed by atoms with E-state index in [4.69, 9.17) is 24.7 Å². The summed E-state index contributed by atoms with van der Waals surface area (Å²) in [6.07, 6.45) is 2.88. The van der Waals surface area contributed by atoms with E-state index in [9.17, 15) is 14.4 Å². The third kappa shape index (κ3) is 21.1. The number of hydrogen-bond acceptors (Lipinski definition) is 9. The second kappa shape index (κ2) is 22.1. The van der Waals surface area contributed by atoms with Gasteiger partial charge in [0, 0.05) is 19.6 Å². The van der Waals surface area contributed by atoms with Crippen LogP contribution in [0.2, 0.25) is 0 Å². The SMILES string of the molecule is CNCCOCCOCC(=O)NCCOCCOCC(=O)NCCCCC(N)C=O. The maximum Gasteiger partial charge on any atom is 0.246 e. The first-order valence-electron chi connectivity index (χ1n) is 10.3. The highest BCUT2D eigenvalue weighted by molar-refractivity contribution is 5.77. The van der Waals surface area contributed by atoms with Crippen LogP contribution >= 0.6 is 0 Å². The number of unbranched alkanes of at least 4 members (excludes halogenated alkanes) is 1. The van der Waals surface area contributed by atoms with Crippen LogP contribution in [-0.4, -0.2) is 104 Å². The van der Waals surface area contributed by atoms with Crippen LogP contribution in [0.15, 0.2) is 0 Å². The van der Waals surface area contributed by atoms with Gasteiger partial charge in [-0.3, -0.25) is 9.59 Å². The average molecular weight is 435 g/mol. The van der Waals surface area contributed by atoms with Crippen LogP contribution < -0.4 is 21.7 Å². The molecule has 0 saturated heterocycles. The van der Waals surface area contributed by atoms with E-state index in [2.05, 4.69) is 16.0 Å². The molecule has 11 heteroatoms. The van der Waals surface area contributed by atoms with Gasteiger partial charge < -0.3 is 45.4 Å². The third-order valence-corrected chi connectivity index (χ3v) is 3.74. The molecule has 0 aliphatic rings. The van der Waals surface area contributed by atoms with E-state index in [1.54, 1.807) is 0 Å². The smallest absolute Gasteiger partial charge is 0.246 e. The molecule has 5 N–H and O–H groups in total. The summed E-state index contributed by atoms with van der Waals surface area (Å²) in [6.45, 7) is 4.00. The summed E-state index contributed by atoms with van der Waals surface area (Å²) >= 11 is 0. The largest absolute Gasteiger partial charge is 0.378 e. The molecule has 0 aromatic rings. The van der Waals surface area contributed by atoms with Gasteiger partial charge in [0.25, 0.3) is 0 Å². The van der Waals surface area contributed by atoms with Gasteiger partial charge in [0.1, 0.15) is 19.5 Å². The zero-order valence-corrected chi connectivity index (χ0v) is 18.0. The maximum absolute atomic E-state index is 11.6. The Morgan fingerprint density at radius 2 is 1.33 bits per heavy atom. The lowest BCUT2D eigenvalue weighted by atomic mass is 10.1. The fraction of sp³-hybridized carbons (Fsp3) is 0.842. The summed E-state index contributed by atoms with van der Waals surface area (Å²) in [5.41, 5.74) is 5.48. The number of nitrogens with one attached hydrogen (secondary N) is 3. The number of nitrogens with two attached hydrogens (primary N) is 1. The Bertz CT molecular complexity index is 441. The van der Waals surface area contributed by atoms with Crippen molar-refractivity contribution in [1.82, 2.24) is 16.0 Å². The van der Waals surface area contributed by atoms with E-state index < -0.39 is 6.04 Å². The van der Waals surface area contributed by atoms with Crippen molar-refractivity contribution in [2.45, 2.75) is 25.3 Å². The second-order valence-corrected chi connectivity index (χ2v) is 6.43. The fourth-order valence-electron chi connectivity index (χ4n) is 2.11. The van der Waals surface area contributed by atoms with Crippen LogP contribution in [0.3, 0.4) is 0 Å². The molecule has 0 aliphatic heterocycles. The highest BCUT2D eigenvalue weighted by Gasteiger charge is 2.03. The zero-order chi connectivity index (χ0) is 22.3. The minimum absolute atomic E-state index is 0.0164. The monoisotopic (exact) mass is 434 g/mol. The number of rotatable bonds is 22. The summed E-state index contributed by atoms with van der Waals surface area (Å²) in [5.74, 6) is -0.413. The predicted octanol–water partition coefficient (Wildman–Crippen LogP) is -1.80. The molecule has 0 aliphatic carbocycles. The Labute approximate surface area is 178 Å². The van der Waals surface area contributed by atoms with Gasteiger partial charge in [-0.25, -0.2) is 0 Å². The van der Waals surface area contributed by atoms with Crippen molar-refractivity contribution in [3.8, 4) is 0 Å². The first kappa shape index (κ1) is 28.4. The molecule has 0 aromatic carbocycles. The van der Waals surface area contributed by atoms with E-state index >= 15 is 0 Å². The predicted molar refractivity (Wildman–Crippen MR) is 111 cm³/mol. The van der Waals surface area contributed by atoms with Gasteiger partial charge >= 0.3 is 0 Å². The van der Waals surface area contributed by atoms with Crippen molar-refractivity contribution in [1.29, 1.82) is 0 Å². The summed E-state index contributed by atoms with van der Waals surface area (Å²) in [4.78, 5) is 33.5. The molecule has 2 amide bonds. The molecule has 0 fully saturated rings. The molecule has 0 spiro atoms. The summed E-state index contributed by atoms with van der Waals surface area (Å²) in [5, 5.41) is 8.37. The average Bonchev–Trinajstić information content (AvgIpc) is 2.74. The Kier molecular flexibility index (Phi) is 20.9. The summed E-state index contributed by atoms with van der Waals surface area (Å²) < 4.78 is 21.0. The first-order chi connectivity index (χ1) is 14.6. The normalized spacial score (nSPS) is 11.8. The highest BCUT2D eigenvalue weighted by Crippen LogP contribution is 1.95. The van der Waals surface area contributed by atoms with Gasteiger partial charge in [-0.15, -0.1) is 0 Å². The van der Waals surface area contributed by atoms with Crippen LogP contribution in [0.5, 0.6) is 0 Å². The molecular weight excluding hydrogens is 396 g/mol. The lowest BCUT2D eigenvalue weighted by Gasteiger charge is -2.09. The lowest BCUT2D eigenvalue weighted by Crippen LogP contribution is -2.31. The van der Waals surface area contributed by atoms with Gasteiger partial charge in [-0.05, 0) is 26.3 Å². The van der Waals surface area contributed by atoms with Crippen LogP contribution in [0.4, 0.5) is 0 Å². The van der Waals surface area contributed by atoms with Crippen molar-refractivity contribution in [3.63, 3.8) is 0 Å². The van der Waals surface area contributed by atoms with Crippen LogP contribution in [-0.2, 0) is 33.3 Å². The van der Waals surface area contributed by atoms with Crippen molar-refractivity contribution in [2.75, 3.05) is 79.5 Å². The summed E-state index contributed by atoms with van der Waals surface area (Å²) in [7, 11) is 1.85. The van der Waals surface area contributed by atoms with E-state index in [1.165, 1.54) is 0 Å². The number of carbonyl (C=O) groups excluding carboxylic acids is 3. The standard InChI is InChI=1S/C19H38N4O7/c1-21-6-8-27-10-12-30-16-19(26)23-7-9-28-11-13-29-15-18(25)22-5-3-2-4-17(20)14-24/h14,17,21H,2-13,15-16,20H2,1H3,(H,22,25)(H,23,26). The minimum Gasteiger partial charge on any atom is -0.378 e. The Hall–Kier alpha value is -1.63. The molecule has 176 valence electrons. The van der Waals surface area contributed by atoms with Crippen LogP contribution in [0.1, 0.15) is 19.3 Å². The molecule has 0 rings (SSSR count). The number of amides is 2. The molecular formula is C19H38N4O7. The molecule has 30 heavy (non-hydrogen) atoms. The number of hydrogen-bond donors (Lipinski definition) is 4. The van der Waals surface area contributed by atoms with Crippen LogP contribution in [0, 0.1) is 0 Å². The topological polar surface area (TPSA) is 150 Å². The number of likely N-dealkylation sites (N-methyl/N-ethyl adjacent to an activating group) is 1. The van der Waals surface area contributed by atoms with Crippen molar-refractivity contribution in [3.05, 3.63) is 0 Å². The first-order valence-corrected chi connectivity index (χ1v) is 10.3.